The van der Waals surface area contributed by atoms with Gasteiger partial charge in [-0.3, -0.25) is 14.9 Å². The van der Waals surface area contributed by atoms with Gasteiger partial charge < -0.3 is 24.4 Å². The average molecular weight is 418 g/mol. The summed E-state index contributed by atoms with van der Waals surface area (Å²) < 4.78 is 15.6. The van der Waals surface area contributed by atoms with Crippen molar-refractivity contribution in [1.29, 1.82) is 0 Å². The van der Waals surface area contributed by atoms with Crippen LogP contribution >= 0.6 is 0 Å². The number of aryl methyl sites for hydroxylation is 1. The number of rotatable bonds is 10. The molecule has 0 spiro atoms. The van der Waals surface area contributed by atoms with Gasteiger partial charge in [0.2, 0.25) is 0 Å². The van der Waals surface area contributed by atoms with Crippen molar-refractivity contribution in [2.45, 2.75) is 13.3 Å². The minimum Gasteiger partial charge on any atom is -0.493 e. The number of carbonyl (C=O) groups excluding carboxylic acids is 1. The van der Waals surface area contributed by atoms with Gasteiger partial charge in [-0.25, -0.2) is 0 Å². The number of benzene rings is 2. The average Bonchev–Trinajstić information content (AvgIpc) is 2.72. The third-order valence-corrected chi connectivity index (χ3v) is 4.75. The minimum absolute atomic E-state index is 0.107. The Morgan fingerprint density at radius 2 is 1.73 bits per heavy atom. The number of carbonyl (C=O) groups is 1. The predicted octanol–water partition coefficient (Wildman–Crippen LogP) is 1.62. The van der Waals surface area contributed by atoms with Gasteiger partial charge in [-0.15, -0.1) is 0 Å². The predicted molar refractivity (Wildman–Crippen MR) is 113 cm³/mol. The van der Waals surface area contributed by atoms with Crippen molar-refractivity contribution in [3.05, 3.63) is 51.6 Å². The maximum atomic E-state index is 12.4. The molecule has 0 bridgehead atoms. The molecule has 162 valence electrons. The summed E-state index contributed by atoms with van der Waals surface area (Å²) in [6.07, 6.45) is 0.768. The lowest BCUT2D eigenvalue weighted by Gasteiger charge is -2.16. The van der Waals surface area contributed by atoms with Crippen LogP contribution in [-0.4, -0.2) is 52.3 Å². The Balaban J connectivity index is 1.96. The fraction of sp³-hybridized carbons (Fsp3) is 0.381. The molecule has 1 unspecified atom stereocenters. The third-order valence-electron chi connectivity index (χ3n) is 4.75. The molecule has 0 heterocycles. The van der Waals surface area contributed by atoms with Crippen LogP contribution in [0.5, 0.6) is 17.2 Å². The van der Waals surface area contributed by atoms with E-state index >= 15 is 0 Å². The van der Waals surface area contributed by atoms with Gasteiger partial charge in [0.1, 0.15) is 0 Å². The summed E-state index contributed by atoms with van der Waals surface area (Å²) in [7, 11) is 6.48. The molecule has 0 fully saturated rings. The van der Waals surface area contributed by atoms with Crippen LogP contribution < -0.4 is 24.4 Å². The van der Waals surface area contributed by atoms with Crippen molar-refractivity contribution >= 4 is 17.3 Å². The van der Waals surface area contributed by atoms with Crippen LogP contribution in [0.2, 0.25) is 0 Å². The van der Waals surface area contributed by atoms with Gasteiger partial charge in [0.05, 0.1) is 39.8 Å². The normalized spacial score (nSPS) is 11.5. The number of nitrogens with zero attached hydrogens (tertiary/aromatic N) is 1. The Kier molecular flexibility index (Phi) is 7.99. The van der Waals surface area contributed by atoms with Crippen molar-refractivity contribution in [1.82, 2.24) is 0 Å². The second kappa shape index (κ2) is 10.4. The zero-order chi connectivity index (χ0) is 22.3. The molecule has 2 aromatic carbocycles. The molecule has 1 amide bonds. The number of nitro benzene ring substituents is 1. The first-order valence-electron chi connectivity index (χ1n) is 9.44. The highest BCUT2D eigenvalue weighted by molar-refractivity contribution is 5.92. The van der Waals surface area contributed by atoms with Crippen LogP contribution in [0, 0.1) is 17.0 Å². The van der Waals surface area contributed by atoms with Crippen molar-refractivity contribution in [2.24, 2.45) is 0 Å². The van der Waals surface area contributed by atoms with Crippen molar-refractivity contribution in [2.75, 3.05) is 46.8 Å². The number of nitrogens with one attached hydrogen (secondary N) is 2. The number of hydrogen-bond donors (Lipinski definition) is 2. The van der Waals surface area contributed by atoms with Gasteiger partial charge in [0.25, 0.3) is 5.91 Å². The summed E-state index contributed by atoms with van der Waals surface area (Å²) in [5.41, 5.74) is 2.04. The van der Waals surface area contributed by atoms with Crippen LogP contribution in [0.25, 0.3) is 0 Å². The molecule has 1 atom stereocenters. The molecular weight excluding hydrogens is 390 g/mol. The third kappa shape index (κ3) is 5.84. The zero-order valence-corrected chi connectivity index (χ0v) is 17.9. The summed E-state index contributed by atoms with van der Waals surface area (Å²) in [6, 6.07) is 8.63. The minimum atomic E-state index is -0.510. The van der Waals surface area contributed by atoms with Gasteiger partial charge in [-0.2, -0.15) is 0 Å². The molecule has 30 heavy (non-hydrogen) atoms. The van der Waals surface area contributed by atoms with Crippen molar-refractivity contribution in [3.8, 4) is 17.2 Å². The Morgan fingerprint density at radius 3 is 2.33 bits per heavy atom. The number of likely N-dealkylation sites (N-methyl/N-ethyl adjacent to an activating group) is 1. The molecule has 2 rings (SSSR count). The Hall–Kier alpha value is -3.33. The summed E-state index contributed by atoms with van der Waals surface area (Å²) in [5.74, 6) is 1.28. The van der Waals surface area contributed by atoms with E-state index in [0.29, 0.717) is 22.7 Å². The molecule has 2 aromatic rings. The maximum absolute atomic E-state index is 12.4. The number of nitro groups is 1. The number of ether oxygens (including phenoxy) is 3. The number of hydrogen-bond acceptors (Lipinski definition) is 6. The highest BCUT2D eigenvalue weighted by Gasteiger charge is 2.19. The van der Waals surface area contributed by atoms with E-state index in [1.54, 1.807) is 21.1 Å². The zero-order valence-electron chi connectivity index (χ0n) is 17.9. The first-order valence-corrected chi connectivity index (χ1v) is 9.44. The molecule has 0 aliphatic rings. The number of quaternary nitrogens is 1. The molecular formula is C21H28N3O6+. The smallest absolute Gasteiger partial charge is 0.311 e. The molecule has 0 aliphatic carbocycles. The number of anilines is 1. The lowest BCUT2D eigenvalue weighted by Crippen LogP contribution is -3.10. The Morgan fingerprint density at radius 1 is 1.07 bits per heavy atom. The van der Waals surface area contributed by atoms with E-state index in [0.717, 1.165) is 23.4 Å². The topological polar surface area (TPSA) is 104 Å². The van der Waals surface area contributed by atoms with Gasteiger partial charge in [-0.05, 0) is 30.2 Å². The fourth-order valence-corrected chi connectivity index (χ4v) is 3.06. The fourth-order valence-electron chi connectivity index (χ4n) is 3.06. The Bertz CT molecular complexity index is 916. The van der Waals surface area contributed by atoms with Crippen molar-refractivity contribution < 1.29 is 28.8 Å². The largest absolute Gasteiger partial charge is 0.493 e. The first kappa shape index (κ1) is 23.0. The number of amides is 1. The first-order chi connectivity index (χ1) is 14.3. The van der Waals surface area contributed by atoms with E-state index in [1.807, 2.05) is 25.2 Å². The lowest BCUT2D eigenvalue weighted by molar-refractivity contribution is -0.870. The van der Waals surface area contributed by atoms with Gasteiger partial charge in [-0.1, -0.05) is 6.07 Å². The van der Waals surface area contributed by atoms with Gasteiger partial charge >= 0.3 is 5.69 Å². The monoisotopic (exact) mass is 418 g/mol. The number of methoxy groups -OCH3 is 3. The molecule has 0 saturated heterocycles. The highest BCUT2D eigenvalue weighted by Crippen LogP contribution is 2.32. The summed E-state index contributed by atoms with van der Waals surface area (Å²) >= 11 is 0. The van der Waals surface area contributed by atoms with E-state index in [2.05, 4.69) is 5.32 Å². The molecule has 0 aromatic heterocycles. The van der Waals surface area contributed by atoms with E-state index in [-0.39, 0.29) is 23.9 Å². The van der Waals surface area contributed by atoms with Crippen LogP contribution in [0.3, 0.4) is 0 Å². The molecule has 9 nitrogen and oxygen atoms in total. The molecule has 0 aliphatic heterocycles. The summed E-state index contributed by atoms with van der Waals surface area (Å²) in [5, 5.41) is 13.9. The SMILES string of the molecule is COc1ccc(CC[NH+](C)CC(=O)Nc2cc(OC)c([N+](=O)[O-])cc2C)cc1OC. The van der Waals surface area contributed by atoms with Gasteiger partial charge in [0.15, 0.2) is 23.8 Å². The summed E-state index contributed by atoms with van der Waals surface area (Å²) in [4.78, 5) is 24.1. The van der Waals surface area contributed by atoms with Crippen LogP contribution in [0.15, 0.2) is 30.3 Å². The van der Waals surface area contributed by atoms with E-state index < -0.39 is 4.92 Å². The van der Waals surface area contributed by atoms with E-state index in [4.69, 9.17) is 14.2 Å². The highest BCUT2D eigenvalue weighted by atomic mass is 16.6. The molecule has 0 radical (unpaired) electrons. The second-order valence-corrected chi connectivity index (χ2v) is 6.97. The van der Waals surface area contributed by atoms with Crippen LogP contribution in [-0.2, 0) is 11.2 Å². The molecule has 0 saturated carbocycles. The van der Waals surface area contributed by atoms with Gasteiger partial charge in [0, 0.05) is 24.2 Å². The van der Waals surface area contributed by atoms with E-state index in [1.165, 1.54) is 19.2 Å². The lowest BCUT2D eigenvalue weighted by atomic mass is 10.1. The molecule has 2 N–H and O–H groups in total. The molecule has 9 heteroatoms. The van der Waals surface area contributed by atoms with Crippen LogP contribution in [0.1, 0.15) is 11.1 Å². The quantitative estimate of drug-likeness (QED) is 0.449. The maximum Gasteiger partial charge on any atom is 0.311 e. The van der Waals surface area contributed by atoms with E-state index in [9.17, 15) is 14.9 Å². The Labute approximate surface area is 175 Å². The second-order valence-electron chi connectivity index (χ2n) is 6.97. The van der Waals surface area contributed by atoms with Crippen molar-refractivity contribution in [3.63, 3.8) is 0 Å². The standard InChI is InChI=1S/C21H27N3O6/c1-14-10-17(24(26)27)19(29-4)12-16(14)22-21(25)13-23(2)9-8-15-6-7-18(28-3)20(11-15)30-5/h6-7,10-12H,8-9,13H2,1-5H3,(H,22,25)/p+1. The summed E-state index contributed by atoms with van der Waals surface area (Å²) in [6.45, 7) is 2.70. The van der Waals surface area contributed by atoms with Crippen LogP contribution in [0.4, 0.5) is 11.4 Å².